The summed E-state index contributed by atoms with van der Waals surface area (Å²) in [5.74, 6) is 0. The van der Waals surface area contributed by atoms with Crippen molar-refractivity contribution >= 4 is 0 Å². The number of aryl methyl sites for hydroxylation is 2. The predicted molar refractivity (Wildman–Crippen MR) is 62.0 cm³/mol. The number of nitrogens with two attached hydrogens (primary N) is 1. The molecule has 2 rings (SSSR count). The van der Waals surface area contributed by atoms with Crippen molar-refractivity contribution in [2.45, 2.75) is 50.7 Å². The number of halogens is 1. The Morgan fingerprint density at radius 3 is 2.94 bits per heavy atom. The largest absolute Gasteiger partial charge is 0.328 e. The molecule has 3 nitrogen and oxygen atoms in total. The first-order valence-electron chi connectivity index (χ1n) is 5.99. The summed E-state index contributed by atoms with van der Waals surface area (Å²) in [6.07, 6.45) is 3.21. The van der Waals surface area contributed by atoms with Crippen LogP contribution in [0.25, 0.3) is 0 Å². The van der Waals surface area contributed by atoms with E-state index in [1.165, 1.54) is 0 Å². The van der Waals surface area contributed by atoms with Gasteiger partial charge in [0.25, 0.3) is 0 Å². The average molecular weight is 225 g/mol. The van der Waals surface area contributed by atoms with Gasteiger partial charge in [0.1, 0.15) is 5.67 Å². The highest BCUT2D eigenvalue weighted by Crippen LogP contribution is 2.35. The molecule has 4 heteroatoms. The second-order valence-electron chi connectivity index (χ2n) is 4.93. The standard InChI is InChI=1S/C12H20FN3/c1-3-10-6-11(16(2)15-10)8-12(13)5-4-9(14)7-12/h6,9H,3-5,7-8,14H2,1-2H3. The van der Waals surface area contributed by atoms with Crippen LogP contribution in [0.3, 0.4) is 0 Å². The van der Waals surface area contributed by atoms with Crippen LogP contribution in [0.2, 0.25) is 0 Å². The van der Waals surface area contributed by atoms with Crippen LogP contribution < -0.4 is 5.73 Å². The van der Waals surface area contributed by atoms with Gasteiger partial charge in [0.15, 0.2) is 0 Å². The van der Waals surface area contributed by atoms with E-state index in [2.05, 4.69) is 12.0 Å². The molecule has 0 spiro atoms. The van der Waals surface area contributed by atoms with E-state index in [-0.39, 0.29) is 6.04 Å². The Morgan fingerprint density at radius 2 is 2.44 bits per heavy atom. The van der Waals surface area contributed by atoms with E-state index in [4.69, 9.17) is 5.73 Å². The molecule has 0 aromatic carbocycles. The highest BCUT2D eigenvalue weighted by Gasteiger charge is 2.38. The minimum absolute atomic E-state index is 0.0314. The summed E-state index contributed by atoms with van der Waals surface area (Å²) in [6, 6.07) is 2.04. The molecule has 1 fully saturated rings. The highest BCUT2D eigenvalue weighted by atomic mass is 19.1. The Kier molecular flexibility index (Phi) is 3.02. The molecule has 0 saturated heterocycles. The zero-order valence-corrected chi connectivity index (χ0v) is 10.0. The van der Waals surface area contributed by atoms with E-state index in [0.717, 1.165) is 24.2 Å². The van der Waals surface area contributed by atoms with Crippen LogP contribution in [0.15, 0.2) is 6.07 Å². The van der Waals surface area contributed by atoms with Gasteiger partial charge in [-0.2, -0.15) is 5.10 Å². The molecule has 0 radical (unpaired) electrons. The topological polar surface area (TPSA) is 43.8 Å². The molecule has 0 bridgehead atoms. The van der Waals surface area contributed by atoms with Crippen molar-refractivity contribution in [1.82, 2.24) is 9.78 Å². The third-order valence-electron chi connectivity index (χ3n) is 3.48. The van der Waals surface area contributed by atoms with Crippen molar-refractivity contribution in [3.63, 3.8) is 0 Å². The molecule has 1 aromatic heterocycles. The van der Waals surface area contributed by atoms with Crippen molar-refractivity contribution in [3.05, 3.63) is 17.5 Å². The van der Waals surface area contributed by atoms with Crippen LogP contribution in [0, 0.1) is 0 Å². The molecule has 0 amide bonds. The zero-order chi connectivity index (χ0) is 11.8. The normalized spacial score (nSPS) is 29.9. The number of aromatic nitrogens is 2. The van der Waals surface area contributed by atoms with Gasteiger partial charge >= 0.3 is 0 Å². The van der Waals surface area contributed by atoms with Gasteiger partial charge in [-0.3, -0.25) is 4.68 Å². The number of rotatable bonds is 3. The molecular weight excluding hydrogens is 205 g/mol. The third kappa shape index (κ3) is 2.26. The van der Waals surface area contributed by atoms with Gasteiger partial charge in [-0.15, -0.1) is 0 Å². The summed E-state index contributed by atoms with van der Waals surface area (Å²) in [6.45, 7) is 2.06. The number of hydrogen-bond acceptors (Lipinski definition) is 2. The molecular formula is C12H20FN3. The quantitative estimate of drug-likeness (QED) is 0.851. The maximum absolute atomic E-state index is 14.4. The molecule has 1 saturated carbocycles. The lowest BCUT2D eigenvalue weighted by Gasteiger charge is -2.18. The zero-order valence-electron chi connectivity index (χ0n) is 10.0. The summed E-state index contributed by atoms with van der Waals surface area (Å²) in [7, 11) is 1.88. The van der Waals surface area contributed by atoms with Gasteiger partial charge < -0.3 is 5.73 Å². The number of hydrogen-bond donors (Lipinski definition) is 1. The Balaban J connectivity index is 2.11. The lowest BCUT2D eigenvalue weighted by atomic mass is 9.97. The van der Waals surface area contributed by atoms with Gasteiger partial charge in [-0.25, -0.2) is 4.39 Å². The summed E-state index contributed by atoms with van der Waals surface area (Å²) in [4.78, 5) is 0. The molecule has 90 valence electrons. The van der Waals surface area contributed by atoms with Crippen LogP contribution in [-0.4, -0.2) is 21.5 Å². The van der Waals surface area contributed by atoms with Gasteiger partial charge in [-0.1, -0.05) is 6.92 Å². The monoisotopic (exact) mass is 225 g/mol. The fourth-order valence-electron chi connectivity index (χ4n) is 2.51. The fourth-order valence-corrected chi connectivity index (χ4v) is 2.51. The van der Waals surface area contributed by atoms with Crippen LogP contribution in [0.4, 0.5) is 4.39 Å². The lowest BCUT2D eigenvalue weighted by molar-refractivity contribution is 0.167. The van der Waals surface area contributed by atoms with Gasteiger partial charge in [0, 0.05) is 25.2 Å². The highest BCUT2D eigenvalue weighted by molar-refractivity contribution is 5.14. The van der Waals surface area contributed by atoms with Crippen molar-refractivity contribution in [1.29, 1.82) is 0 Å². The van der Waals surface area contributed by atoms with Crippen molar-refractivity contribution < 1.29 is 4.39 Å². The van der Waals surface area contributed by atoms with Crippen LogP contribution in [0.1, 0.15) is 37.6 Å². The van der Waals surface area contributed by atoms with Crippen molar-refractivity contribution in [2.75, 3.05) is 0 Å². The summed E-state index contributed by atoms with van der Waals surface area (Å²) in [5.41, 5.74) is 6.67. The number of alkyl halides is 1. The maximum atomic E-state index is 14.4. The Bertz CT molecular complexity index is 374. The minimum atomic E-state index is -1.11. The Morgan fingerprint density at radius 1 is 1.69 bits per heavy atom. The molecule has 1 heterocycles. The molecule has 16 heavy (non-hydrogen) atoms. The first kappa shape index (κ1) is 11.6. The lowest BCUT2D eigenvalue weighted by Crippen LogP contribution is -2.26. The van der Waals surface area contributed by atoms with Crippen LogP contribution >= 0.6 is 0 Å². The molecule has 1 aliphatic carbocycles. The second kappa shape index (κ2) is 4.17. The number of nitrogens with zero attached hydrogens (tertiary/aromatic N) is 2. The third-order valence-corrected chi connectivity index (χ3v) is 3.48. The molecule has 1 aromatic rings. The fraction of sp³-hybridized carbons (Fsp3) is 0.750. The molecule has 2 N–H and O–H groups in total. The van der Waals surface area contributed by atoms with Crippen LogP contribution in [0.5, 0.6) is 0 Å². The Hall–Kier alpha value is -0.900. The summed E-state index contributed by atoms with van der Waals surface area (Å²) in [5, 5.41) is 4.34. The first-order chi connectivity index (χ1) is 7.52. The maximum Gasteiger partial charge on any atom is 0.118 e. The van der Waals surface area contributed by atoms with E-state index < -0.39 is 5.67 Å². The smallest absolute Gasteiger partial charge is 0.118 e. The van der Waals surface area contributed by atoms with Crippen molar-refractivity contribution in [2.24, 2.45) is 12.8 Å². The van der Waals surface area contributed by atoms with E-state index in [0.29, 0.717) is 19.3 Å². The SMILES string of the molecule is CCc1cc(CC2(F)CCC(N)C2)n(C)n1. The van der Waals surface area contributed by atoms with Crippen LogP contribution in [-0.2, 0) is 19.9 Å². The van der Waals surface area contributed by atoms with Crippen molar-refractivity contribution in [3.8, 4) is 0 Å². The van der Waals surface area contributed by atoms with Gasteiger partial charge in [0.05, 0.1) is 5.69 Å². The van der Waals surface area contributed by atoms with E-state index in [1.54, 1.807) is 4.68 Å². The average Bonchev–Trinajstić information content (AvgIpc) is 2.72. The molecule has 1 aliphatic rings. The minimum Gasteiger partial charge on any atom is -0.328 e. The molecule has 2 atom stereocenters. The molecule has 2 unspecified atom stereocenters. The Labute approximate surface area is 95.8 Å². The van der Waals surface area contributed by atoms with E-state index in [1.807, 2.05) is 13.1 Å². The van der Waals surface area contributed by atoms with E-state index in [9.17, 15) is 4.39 Å². The summed E-state index contributed by atoms with van der Waals surface area (Å²) >= 11 is 0. The molecule has 0 aliphatic heterocycles. The predicted octanol–water partition coefficient (Wildman–Crippen LogP) is 1.74. The van der Waals surface area contributed by atoms with E-state index >= 15 is 0 Å². The second-order valence-corrected chi connectivity index (χ2v) is 4.93. The first-order valence-corrected chi connectivity index (χ1v) is 5.99. The van der Waals surface area contributed by atoms with Gasteiger partial charge in [-0.05, 0) is 31.7 Å². The summed E-state index contributed by atoms with van der Waals surface area (Å²) < 4.78 is 16.2. The van der Waals surface area contributed by atoms with Gasteiger partial charge in [0.2, 0.25) is 0 Å².